The van der Waals surface area contributed by atoms with Gasteiger partial charge in [-0.25, -0.2) is 0 Å². The molecule has 1 aromatic carbocycles. The molecule has 2 N–H and O–H groups in total. The van der Waals surface area contributed by atoms with Crippen LogP contribution in [-0.4, -0.2) is 35.4 Å². The SMILES string of the molecule is OC1(c2cccc3cnccc23)CC2COCC(C1)N2. The predicted octanol–water partition coefficient (Wildman–Crippen LogP) is 1.57. The lowest BCUT2D eigenvalue weighted by Gasteiger charge is -2.45. The molecule has 2 aliphatic rings. The zero-order valence-electron chi connectivity index (χ0n) is 11.2. The summed E-state index contributed by atoms with van der Waals surface area (Å²) in [6.45, 7) is 1.37. The molecule has 2 bridgehead atoms. The molecule has 4 nitrogen and oxygen atoms in total. The summed E-state index contributed by atoms with van der Waals surface area (Å²) in [7, 11) is 0. The minimum atomic E-state index is -0.773. The zero-order chi connectivity index (χ0) is 13.6. The summed E-state index contributed by atoms with van der Waals surface area (Å²) in [6, 6.07) is 8.57. The second-order valence-electron chi connectivity index (χ2n) is 5.94. The highest BCUT2D eigenvalue weighted by atomic mass is 16.5. The number of nitrogens with zero attached hydrogens (tertiary/aromatic N) is 1. The van der Waals surface area contributed by atoms with Crippen LogP contribution in [0.15, 0.2) is 36.7 Å². The molecule has 0 spiro atoms. The Morgan fingerprint density at radius 3 is 2.80 bits per heavy atom. The van der Waals surface area contributed by atoms with E-state index in [1.54, 1.807) is 6.20 Å². The zero-order valence-corrected chi connectivity index (χ0v) is 11.2. The first-order chi connectivity index (χ1) is 9.74. The van der Waals surface area contributed by atoms with Crippen LogP contribution in [0.4, 0.5) is 0 Å². The number of ether oxygens (including phenoxy) is 1. The Hall–Kier alpha value is -1.49. The first-order valence-corrected chi connectivity index (χ1v) is 7.14. The van der Waals surface area contributed by atoms with Gasteiger partial charge in [0.1, 0.15) is 0 Å². The Morgan fingerprint density at radius 2 is 2.00 bits per heavy atom. The highest BCUT2D eigenvalue weighted by molar-refractivity contribution is 5.85. The molecular weight excluding hydrogens is 252 g/mol. The summed E-state index contributed by atoms with van der Waals surface area (Å²) in [6.07, 6.45) is 5.04. The Morgan fingerprint density at radius 1 is 1.20 bits per heavy atom. The van der Waals surface area contributed by atoms with Crippen molar-refractivity contribution >= 4 is 10.8 Å². The molecule has 2 aliphatic heterocycles. The minimum Gasteiger partial charge on any atom is -0.385 e. The quantitative estimate of drug-likeness (QED) is 0.826. The molecule has 3 heterocycles. The van der Waals surface area contributed by atoms with Crippen LogP contribution in [0.1, 0.15) is 18.4 Å². The van der Waals surface area contributed by atoms with E-state index in [1.165, 1.54) is 0 Å². The Balaban J connectivity index is 1.81. The molecular formula is C16H18N2O2. The average molecular weight is 270 g/mol. The van der Waals surface area contributed by atoms with E-state index >= 15 is 0 Å². The number of nitrogens with one attached hydrogen (secondary N) is 1. The van der Waals surface area contributed by atoms with Crippen LogP contribution in [0, 0.1) is 0 Å². The number of benzene rings is 1. The lowest BCUT2D eigenvalue weighted by atomic mass is 9.77. The van der Waals surface area contributed by atoms with Gasteiger partial charge < -0.3 is 15.2 Å². The first kappa shape index (κ1) is 12.3. The summed E-state index contributed by atoms with van der Waals surface area (Å²) in [5, 5.41) is 16.9. The molecule has 4 heteroatoms. The van der Waals surface area contributed by atoms with Gasteiger partial charge in [-0.15, -0.1) is 0 Å². The maximum absolute atomic E-state index is 11.2. The highest BCUT2D eigenvalue weighted by Gasteiger charge is 2.42. The summed E-state index contributed by atoms with van der Waals surface area (Å²) in [4.78, 5) is 4.17. The fraction of sp³-hybridized carbons (Fsp3) is 0.438. The van der Waals surface area contributed by atoms with Crippen LogP contribution in [-0.2, 0) is 10.3 Å². The molecule has 2 fully saturated rings. The number of fused-ring (bicyclic) bond motifs is 3. The van der Waals surface area contributed by atoms with Gasteiger partial charge in [-0.1, -0.05) is 18.2 Å². The molecule has 0 aliphatic carbocycles. The number of rotatable bonds is 1. The summed E-state index contributed by atoms with van der Waals surface area (Å²) >= 11 is 0. The second-order valence-corrected chi connectivity index (χ2v) is 5.94. The topological polar surface area (TPSA) is 54.4 Å². The lowest BCUT2D eigenvalue weighted by Crippen LogP contribution is -2.58. The Kier molecular flexibility index (Phi) is 2.77. The largest absolute Gasteiger partial charge is 0.385 e. The molecule has 2 unspecified atom stereocenters. The van der Waals surface area contributed by atoms with Gasteiger partial charge in [0.15, 0.2) is 0 Å². The van der Waals surface area contributed by atoms with Gasteiger partial charge in [-0.2, -0.15) is 0 Å². The normalized spacial score (nSPS) is 33.2. The fourth-order valence-electron chi connectivity index (χ4n) is 3.66. The van der Waals surface area contributed by atoms with Crippen LogP contribution < -0.4 is 5.32 Å². The van der Waals surface area contributed by atoms with E-state index in [4.69, 9.17) is 4.74 Å². The summed E-state index contributed by atoms with van der Waals surface area (Å²) in [5.41, 5.74) is 0.251. The third-order valence-electron chi connectivity index (χ3n) is 4.46. The van der Waals surface area contributed by atoms with E-state index in [2.05, 4.69) is 10.3 Å². The highest BCUT2D eigenvalue weighted by Crippen LogP contribution is 2.39. The van der Waals surface area contributed by atoms with Crippen LogP contribution in [0.5, 0.6) is 0 Å². The van der Waals surface area contributed by atoms with E-state index in [1.807, 2.05) is 30.5 Å². The summed E-state index contributed by atoms with van der Waals surface area (Å²) in [5.74, 6) is 0. The van der Waals surface area contributed by atoms with Gasteiger partial charge in [-0.3, -0.25) is 4.98 Å². The van der Waals surface area contributed by atoms with Gasteiger partial charge in [0.2, 0.25) is 0 Å². The van der Waals surface area contributed by atoms with Crippen LogP contribution in [0.3, 0.4) is 0 Å². The van der Waals surface area contributed by atoms with Crippen molar-refractivity contribution in [1.29, 1.82) is 0 Å². The van der Waals surface area contributed by atoms with Gasteiger partial charge >= 0.3 is 0 Å². The third-order valence-corrected chi connectivity index (χ3v) is 4.46. The van der Waals surface area contributed by atoms with E-state index in [9.17, 15) is 5.11 Å². The van der Waals surface area contributed by atoms with Gasteiger partial charge in [0.05, 0.1) is 18.8 Å². The van der Waals surface area contributed by atoms with Crippen molar-refractivity contribution < 1.29 is 9.84 Å². The second kappa shape index (κ2) is 4.52. The molecule has 0 saturated carbocycles. The standard InChI is InChI=1S/C16H18N2O2/c19-16(6-12-9-20-10-13(7-16)18-12)15-3-1-2-11-8-17-5-4-14(11)15/h1-5,8,12-13,18-19H,6-7,9-10H2. The van der Waals surface area contributed by atoms with Crippen LogP contribution in [0.25, 0.3) is 10.8 Å². The maximum atomic E-state index is 11.2. The van der Waals surface area contributed by atoms with Gasteiger partial charge in [0.25, 0.3) is 0 Å². The monoisotopic (exact) mass is 270 g/mol. The number of piperidine rings is 1. The van der Waals surface area contributed by atoms with Crippen molar-refractivity contribution in [2.75, 3.05) is 13.2 Å². The third kappa shape index (κ3) is 1.92. The van der Waals surface area contributed by atoms with Crippen molar-refractivity contribution in [2.24, 2.45) is 0 Å². The molecule has 0 radical (unpaired) electrons. The van der Waals surface area contributed by atoms with Crippen LogP contribution >= 0.6 is 0 Å². The fourth-order valence-corrected chi connectivity index (χ4v) is 3.66. The maximum Gasteiger partial charge on any atom is 0.0933 e. The van der Waals surface area contributed by atoms with E-state index in [0.29, 0.717) is 26.1 Å². The number of pyridine rings is 1. The van der Waals surface area contributed by atoms with Crippen molar-refractivity contribution in [2.45, 2.75) is 30.5 Å². The first-order valence-electron chi connectivity index (χ1n) is 7.14. The molecule has 2 aromatic rings. The van der Waals surface area contributed by atoms with Crippen molar-refractivity contribution in [3.8, 4) is 0 Å². The van der Waals surface area contributed by atoms with Crippen molar-refractivity contribution in [1.82, 2.24) is 10.3 Å². The predicted molar refractivity (Wildman–Crippen MR) is 76.4 cm³/mol. The smallest absolute Gasteiger partial charge is 0.0933 e. The number of hydrogen-bond acceptors (Lipinski definition) is 4. The average Bonchev–Trinajstić information content (AvgIpc) is 2.46. The van der Waals surface area contributed by atoms with E-state index in [0.717, 1.165) is 16.3 Å². The molecule has 2 atom stereocenters. The van der Waals surface area contributed by atoms with Crippen molar-refractivity contribution in [3.05, 3.63) is 42.2 Å². The number of aromatic nitrogens is 1. The number of hydrogen-bond donors (Lipinski definition) is 2. The molecule has 104 valence electrons. The van der Waals surface area contributed by atoms with Crippen molar-refractivity contribution in [3.63, 3.8) is 0 Å². The molecule has 1 aromatic heterocycles. The lowest BCUT2D eigenvalue weighted by molar-refractivity contribution is -0.0794. The molecule has 4 rings (SSSR count). The van der Waals surface area contributed by atoms with E-state index < -0.39 is 5.60 Å². The molecule has 20 heavy (non-hydrogen) atoms. The minimum absolute atomic E-state index is 0.240. The summed E-state index contributed by atoms with van der Waals surface area (Å²) < 4.78 is 5.57. The Bertz CT molecular complexity index is 626. The van der Waals surface area contributed by atoms with Gasteiger partial charge in [0, 0.05) is 29.9 Å². The molecule has 0 amide bonds. The van der Waals surface area contributed by atoms with Gasteiger partial charge in [-0.05, 0) is 29.9 Å². The molecule has 2 saturated heterocycles. The number of aliphatic hydroxyl groups is 1. The van der Waals surface area contributed by atoms with E-state index in [-0.39, 0.29) is 12.1 Å². The van der Waals surface area contributed by atoms with Crippen LogP contribution in [0.2, 0.25) is 0 Å². The Labute approximate surface area is 117 Å². The number of morpholine rings is 1.